The molecule has 0 aliphatic rings. The van der Waals surface area contributed by atoms with Gasteiger partial charge in [0.05, 0.1) is 6.20 Å². The third-order valence-electron chi connectivity index (χ3n) is 2.66. The summed E-state index contributed by atoms with van der Waals surface area (Å²) in [7, 11) is 0. The number of nitrogens with one attached hydrogen (secondary N) is 1. The summed E-state index contributed by atoms with van der Waals surface area (Å²) in [6, 6.07) is 8.36. The number of aromatic amines is 1. The molecular formula is C12H15N3. The Hall–Kier alpha value is -1.61. The zero-order chi connectivity index (χ0) is 10.7. The molecular weight excluding hydrogens is 186 g/mol. The molecule has 3 N–H and O–H groups in total. The van der Waals surface area contributed by atoms with Gasteiger partial charge >= 0.3 is 0 Å². The average Bonchev–Trinajstić information content (AvgIpc) is 2.69. The minimum Gasteiger partial charge on any atom is -0.326 e. The molecule has 1 aromatic heterocycles. The van der Waals surface area contributed by atoms with E-state index in [0.717, 1.165) is 17.7 Å². The van der Waals surface area contributed by atoms with Crippen LogP contribution in [-0.2, 0) is 13.0 Å². The van der Waals surface area contributed by atoms with E-state index in [1.54, 1.807) is 6.20 Å². The highest BCUT2D eigenvalue weighted by Crippen LogP contribution is 2.14. The smallest absolute Gasteiger partial charge is 0.0535 e. The van der Waals surface area contributed by atoms with E-state index in [9.17, 15) is 0 Å². The van der Waals surface area contributed by atoms with Gasteiger partial charge in [-0.25, -0.2) is 0 Å². The fraction of sp³-hybridized carbons (Fsp3) is 0.250. The predicted molar refractivity (Wildman–Crippen MR) is 60.5 cm³/mol. The molecule has 0 amide bonds. The van der Waals surface area contributed by atoms with E-state index in [2.05, 4.69) is 41.4 Å². The van der Waals surface area contributed by atoms with Crippen molar-refractivity contribution in [3.8, 4) is 0 Å². The van der Waals surface area contributed by atoms with Crippen molar-refractivity contribution in [1.29, 1.82) is 0 Å². The Kier molecular flexibility index (Phi) is 2.83. The summed E-state index contributed by atoms with van der Waals surface area (Å²) < 4.78 is 0. The monoisotopic (exact) mass is 201 g/mol. The predicted octanol–water partition coefficient (Wildman–Crippen LogP) is 1.77. The van der Waals surface area contributed by atoms with Gasteiger partial charge in [-0.15, -0.1) is 0 Å². The van der Waals surface area contributed by atoms with Crippen LogP contribution in [0.25, 0.3) is 0 Å². The molecule has 1 aromatic carbocycles. The van der Waals surface area contributed by atoms with Crippen molar-refractivity contribution in [2.24, 2.45) is 5.73 Å². The van der Waals surface area contributed by atoms with E-state index in [1.165, 1.54) is 11.1 Å². The minimum atomic E-state index is 0.539. The van der Waals surface area contributed by atoms with Crippen molar-refractivity contribution < 1.29 is 0 Å². The first-order chi connectivity index (χ1) is 7.31. The Balaban J connectivity index is 2.26. The van der Waals surface area contributed by atoms with Crippen LogP contribution in [0.15, 0.2) is 30.5 Å². The Labute approximate surface area is 89.3 Å². The van der Waals surface area contributed by atoms with Crippen LogP contribution in [0.1, 0.15) is 22.4 Å². The zero-order valence-electron chi connectivity index (χ0n) is 8.83. The number of nitrogens with two attached hydrogens (primary N) is 1. The lowest BCUT2D eigenvalue weighted by atomic mass is 10.0. The second-order valence-electron chi connectivity index (χ2n) is 3.68. The SMILES string of the molecule is Cc1ccccc1Cc1[nH]ncc1CN. The van der Waals surface area contributed by atoms with Gasteiger partial charge in [-0.3, -0.25) is 5.10 Å². The van der Waals surface area contributed by atoms with Crippen molar-refractivity contribution >= 4 is 0 Å². The average molecular weight is 201 g/mol. The number of H-pyrrole nitrogens is 1. The van der Waals surface area contributed by atoms with Crippen molar-refractivity contribution in [2.45, 2.75) is 19.9 Å². The quantitative estimate of drug-likeness (QED) is 0.795. The van der Waals surface area contributed by atoms with Crippen LogP contribution in [0.4, 0.5) is 0 Å². The van der Waals surface area contributed by atoms with Crippen LogP contribution in [0.3, 0.4) is 0 Å². The molecule has 0 atom stereocenters. The van der Waals surface area contributed by atoms with Crippen molar-refractivity contribution in [2.75, 3.05) is 0 Å². The first kappa shape index (κ1) is 9.93. The van der Waals surface area contributed by atoms with Gasteiger partial charge < -0.3 is 5.73 Å². The molecule has 3 heteroatoms. The van der Waals surface area contributed by atoms with E-state index in [0.29, 0.717) is 6.54 Å². The second kappa shape index (κ2) is 4.28. The molecule has 0 fully saturated rings. The van der Waals surface area contributed by atoms with Crippen molar-refractivity contribution in [3.05, 3.63) is 52.8 Å². The third-order valence-corrected chi connectivity index (χ3v) is 2.66. The summed E-state index contributed by atoms with van der Waals surface area (Å²) >= 11 is 0. The Morgan fingerprint density at radius 2 is 2.07 bits per heavy atom. The number of nitrogens with zero attached hydrogens (tertiary/aromatic N) is 1. The Morgan fingerprint density at radius 3 is 2.80 bits per heavy atom. The third kappa shape index (κ3) is 2.07. The molecule has 2 rings (SSSR count). The van der Waals surface area contributed by atoms with E-state index < -0.39 is 0 Å². The van der Waals surface area contributed by atoms with Crippen LogP contribution in [0.5, 0.6) is 0 Å². The van der Waals surface area contributed by atoms with Crippen LogP contribution in [-0.4, -0.2) is 10.2 Å². The van der Waals surface area contributed by atoms with Gasteiger partial charge in [-0.2, -0.15) is 5.10 Å². The first-order valence-electron chi connectivity index (χ1n) is 5.07. The number of aryl methyl sites for hydroxylation is 1. The highest BCUT2D eigenvalue weighted by atomic mass is 15.1. The van der Waals surface area contributed by atoms with E-state index >= 15 is 0 Å². The Morgan fingerprint density at radius 1 is 1.27 bits per heavy atom. The molecule has 0 bridgehead atoms. The Bertz CT molecular complexity index is 446. The van der Waals surface area contributed by atoms with Crippen LogP contribution >= 0.6 is 0 Å². The maximum atomic E-state index is 5.63. The fourth-order valence-corrected chi connectivity index (χ4v) is 1.67. The summed E-state index contributed by atoms with van der Waals surface area (Å²) in [5.74, 6) is 0. The van der Waals surface area contributed by atoms with E-state index in [-0.39, 0.29) is 0 Å². The minimum absolute atomic E-state index is 0.539. The maximum absolute atomic E-state index is 5.63. The fourth-order valence-electron chi connectivity index (χ4n) is 1.67. The van der Waals surface area contributed by atoms with E-state index in [4.69, 9.17) is 5.73 Å². The molecule has 0 saturated heterocycles. The number of aromatic nitrogens is 2. The van der Waals surface area contributed by atoms with Gasteiger partial charge in [0, 0.05) is 24.2 Å². The molecule has 1 heterocycles. The number of hydrogen-bond donors (Lipinski definition) is 2. The summed E-state index contributed by atoms with van der Waals surface area (Å²) in [6.07, 6.45) is 2.67. The van der Waals surface area contributed by atoms with Gasteiger partial charge in [0.2, 0.25) is 0 Å². The summed E-state index contributed by atoms with van der Waals surface area (Å²) in [4.78, 5) is 0. The summed E-state index contributed by atoms with van der Waals surface area (Å²) in [5.41, 5.74) is 10.5. The maximum Gasteiger partial charge on any atom is 0.0535 e. The molecule has 0 aliphatic heterocycles. The number of hydrogen-bond acceptors (Lipinski definition) is 2. The lowest BCUT2D eigenvalue weighted by Crippen LogP contribution is -2.01. The van der Waals surface area contributed by atoms with Crippen LogP contribution in [0.2, 0.25) is 0 Å². The molecule has 2 aromatic rings. The highest BCUT2D eigenvalue weighted by molar-refractivity contribution is 5.31. The van der Waals surface area contributed by atoms with Crippen LogP contribution < -0.4 is 5.73 Å². The topological polar surface area (TPSA) is 54.7 Å². The largest absolute Gasteiger partial charge is 0.326 e. The normalized spacial score (nSPS) is 10.5. The van der Waals surface area contributed by atoms with Crippen LogP contribution in [0, 0.1) is 6.92 Å². The standard InChI is InChI=1S/C12H15N3/c1-9-4-2-3-5-10(9)6-12-11(7-13)8-14-15-12/h2-5,8H,6-7,13H2,1H3,(H,14,15). The number of rotatable bonds is 3. The molecule has 0 unspecified atom stereocenters. The zero-order valence-corrected chi connectivity index (χ0v) is 8.83. The van der Waals surface area contributed by atoms with Crippen molar-refractivity contribution in [1.82, 2.24) is 10.2 Å². The van der Waals surface area contributed by atoms with Gasteiger partial charge in [0.25, 0.3) is 0 Å². The molecule has 0 radical (unpaired) electrons. The van der Waals surface area contributed by atoms with Gasteiger partial charge in [0.1, 0.15) is 0 Å². The molecule has 0 spiro atoms. The molecule has 15 heavy (non-hydrogen) atoms. The lowest BCUT2D eigenvalue weighted by Gasteiger charge is -2.04. The highest BCUT2D eigenvalue weighted by Gasteiger charge is 2.05. The summed E-state index contributed by atoms with van der Waals surface area (Å²) in [6.45, 7) is 2.66. The van der Waals surface area contributed by atoms with Gasteiger partial charge in [-0.1, -0.05) is 24.3 Å². The molecule has 0 aliphatic carbocycles. The van der Waals surface area contributed by atoms with Crippen molar-refractivity contribution in [3.63, 3.8) is 0 Å². The lowest BCUT2D eigenvalue weighted by molar-refractivity contribution is 0.964. The van der Waals surface area contributed by atoms with E-state index in [1.807, 2.05) is 0 Å². The molecule has 0 saturated carbocycles. The van der Waals surface area contributed by atoms with Gasteiger partial charge in [0.15, 0.2) is 0 Å². The van der Waals surface area contributed by atoms with Gasteiger partial charge in [-0.05, 0) is 18.1 Å². The second-order valence-corrected chi connectivity index (χ2v) is 3.68. The first-order valence-corrected chi connectivity index (χ1v) is 5.07. The summed E-state index contributed by atoms with van der Waals surface area (Å²) in [5, 5.41) is 7.02. The molecule has 78 valence electrons. The number of benzene rings is 1. The molecule has 3 nitrogen and oxygen atoms in total.